The lowest BCUT2D eigenvalue weighted by Crippen LogP contribution is -1.98. The van der Waals surface area contributed by atoms with Crippen LogP contribution >= 0.6 is 11.6 Å². The van der Waals surface area contributed by atoms with Crippen molar-refractivity contribution in [2.45, 2.75) is 6.92 Å². The Hall–Kier alpha value is -2.59. The average molecular weight is 311 g/mol. The molecule has 2 aromatic carbocycles. The van der Waals surface area contributed by atoms with Crippen molar-refractivity contribution in [2.75, 3.05) is 10.6 Å². The van der Waals surface area contributed by atoms with Crippen molar-refractivity contribution in [2.24, 2.45) is 0 Å². The van der Waals surface area contributed by atoms with E-state index in [-0.39, 0.29) is 0 Å². The van der Waals surface area contributed by atoms with Gasteiger partial charge in [-0.15, -0.1) is 0 Å². The molecule has 0 amide bonds. The SMILES string of the molecule is Cc1ccc(Nc2cc(Nc3ccc(Cl)cc3)ncn2)cc1. The van der Waals surface area contributed by atoms with Gasteiger partial charge in [-0.1, -0.05) is 29.3 Å². The molecule has 0 saturated carbocycles. The molecule has 0 bridgehead atoms. The molecule has 3 rings (SSSR count). The maximum absolute atomic E-state index is 5.88. The van der Waals surface area contributed by atoms with Crippen LogP contribution in [0.4, 0.5) is 23.0 Å². The highest BCUT2D eigenvalue weighted by molar-refractivity contribution is 6.30. The number of nitrogens with one attached hydrogen (secondary N) is 2. The van der Waals surface area contributed by atoms with Gasteiger partial charge in [0.1, 0.15) is 18.0 Å². The van der Waals surface area contributed by atoms with Gasteiger partial charge in [0.05, 0.1) is 0 Å². The van der Waals surface area contributed by atoms with Crippen LogP contribution in [0.2, 0.25) is 5.02 Å². The molecule has 0 aliphatic carbocycles. The largest absolute Gasteiger partial charge is 0.340 e. The molecular weight excluding hydrogens is 296 g/mol. The third kappa shape index (κ3) is 3.74. The Morgan fingerprint density at radius 3 is 1.82 bits per heavy atom. The summed E-state index contributed by atoms with van der Waals surface area (Å²) in [7, 11) is 0. The highest BCUT2D eigenvalue weighted by Gasteiger charge is 2.01. The number of rotatable bonds is 4. The van der Waals surface area contributed by atoms with Crippen molar-refractivity contribution in [3.8, 4) is 0 Å². The number of hydrogen-bond donors (Lipinski definition) is 2. The molecule has 1 heterocycles. The maximum atomic E-state index is 5.88. The summed E-state index contributed by atoms with van der Waals surface area (Å²) in [4.78, 5) is 8.45. The van der Waals surface area contributed by atoms with Gasteiger partial charge in [0.2, 0.25) is 0 Å². The number of aromatic nitrogens is 2. The van der Waals surface area contributed by atoms with E-state index in [0.717, 1.165) is 17.2 Å². The maximum Gasteiger partial charge on any atom is 0.135 e. The number of benzene rings is 2. The van der Waals surface area contributed by atoms with Crippen molar-refractivity contribution >= 4 is 34.6 Å². The third-order valence-corrected chi connectivity index (χ3v) is 3.36. The highest BCUT2D eigenvalue weighted by atomic mass is 35.5. The van der Waals surface area contributed by atoms with Gasteiger partial charge in [0.25, 0.3) is 0 Å². The number of nitrogens with zero attached hydrogens (tertiary/aromatic N) is 2. The zero-order valence-electron chi connectivity index (χ0n) is 12.0. The summed E-state index contributed by atoms with van der Waals surface area (Å²) in [6.07, 6.45) is 1.52. The Kier molecular flexibility index (Phi) is 4.21. The van der Waals surface area contributed by atoms with Crippen LogP contribution in [-0.4, -0.2) is 9.97 Å². The minimum Gasteiger partial charge on any atom is -0.340 e. The Morgan fingerprint density at radius 1 is 0.773 bits per heavy atom. The zero-order chi connectivity index (χ0) is 15.4. The zero-order valence-corrected chi connectivity index (χ0v) is 12.8. The molecule has 22 heavy (non-hydrogen) atoms. The van der Waals surface area contributed by atoms with Gasteiger partial charge in [0.15, 0.2) is 0 Å². The Morgan fingerprint density at radius 2 is 1.27 bits per heavy atom. The van der Waals surface area contributed by atoms with Gasteiger partial charge < -0.3 is 10.6 Å². The van der Waals surface area contributed by atoms with Gasteiger partial charge in [0, 0.05) is 22.5 Å². The van der Waals surface area contributed by atoms with Crippen molar-refractivity contribution < 1.29 is 0 Å². The minimum atomic E-state index is 0.704. The topological polar surface area (TPSA) is 49.8 Å². The van der Waals surface area contributed by atoms with Crippen molar-refractivity contribution in [3.63, 3.8) is 0 Å². The molecular formula is C17H15ClN4. The lowest BCUT2D eigenvalue weighted by atomic mass is 10.2. The first kappa shape index (κ1) is 14.4. The van der Waals surface area contributed by atoms with E-state index in [2.05, 4.69) is 39.7 Å². The Bertz CT molecular complexity index is 692. The molecule has 0 radical (unpaired) electrons. The Balaban J connectivity index is 1.74. The molecule has 1 aromatic heterocycles. The van der Waals surface area contributed by atoms with Crippen molar-refractivity contribution in [1.29, 1.82) is 0 Å². The summed E-state index contributed by atoms with van der Waals surface area (Å²) in [6, 6.07) is 17.5. The fraction of sp³-hybridized carbons (Fsp3) is 0.0588. The van der Waals surface area contributed by atoms with Crippen LogP contribution in [0.3, 0.4) is 0 Å². The molecule has 0 atom stereocenters. The van der Waals surface area contributed by atoms with Gasteiger partial charge in [-0.05, 0) is 43.3 Å². The molecule has 3 aromatic rings. The molecule has 0 fully saturated rings. The number of halogens is 1. The molecule has 5 heteroatoms. The second-order valence-corrected chi connectivity index (χ2v) is 5.35. The minimum absolute atomic E-state index is 0.704. The molecule has 4 nitrogen and oxygen atoms in total. The summed E-state index contributed by atoms with van der Waals surface area (Å²) in [5.41, 5.74) is 3.13. The van der Waals surface area contributed by atoms with Gasteiger partial charge in [-0.3, -0.25) is 0 Å². The average Bonchev–Trinajstić information content (AvgIpc) is 2.52. The molecule has 0 aliphatic heterocycles. The van der Waals surface area contributed by atoms with E-state index in [1.807, 2.05) is 42.5 Å². The van der Waals surface area contributed by atoms with Crippen molar-refractivity contribution in [3.05, 3.63) is 71.5 Å². The predicted molar refractivity (Wildman–Crippen MR) is 91.2 cm³/mol. The Labute approximate surface area is 134 Å². The van der Waals surface area contributed by atoms with Crippen molar-refractivity contribution in [1.82, 2.24) is 9.97 Å². The first-order valence-corrected chi connectivity index (χ1v) is 7.25. The van der Waals surface area contributed by atoms with Crippen LogP contribution in [0, 0.1) is 6.92 Å². The summed E-state index contributed by atoms with van der Waals surface area (Å²) < 4.78 is 0. The number of aryl methyl sites for hydroxylation is 1. The van der Waals surface area contributed by atoms with E-state index in [9.17, 15) is 0 Å². The van der Waals surface area contributed by atoms with Crippen LogP contribution in [-0.2, 0) is 0 Å². The molecule has 0 unspecified atom stereocenters. The van der Waals surface area contributed by atoms with E-state index in [0.29, 0.717) is 10.8 Å². The molecule has 0 saturated heterocycles. The van der Waals surface area contributed by atoms with Gasteiger partial charge >= 0.3 is 0 Å². The molecule has 110 valence electrons. The molecule has 2 N–H and O–H groups in total. The molecule has 0 spiro atoms. The van der Waals surface area contributed by atoms with Crippen LogP contribution < -0.4 is 10.6 Å². The van der Waals surface area contributed by atoms with E-state index in [4.69, 9.17) is 11.6 Å². The second-order valence-electron chi connectivity index (χ2n) is 4.91. The summed E-state index contributed by atoms with van der Waals surface area (Å²) in [6.45, 7) is 2.06. The molecule has 0 aliphatic rings. The normalized spacial score (nSPS) is 10.3. The quantitative estimate of drug-likeness (QED) is 0.717. The third-order valence-electron chi connectivity index (χ3n) is 3.11. The first-order chi connectivity index (χ1) is 10.7. The summed E-state index contributed by atoms with van der Waals surface area (Å²) in [5.74, 6) is 1.45. The first-order valence-electron chi connectivity index (χ1n) is 6.87. The van der Waals surface area contributed by atoms with Gasteiger partial charge in [-0.2, -0.15) is 0 Å². The lowest BCUT2D eigenvalue weighted by molar-refractivity contribution is 1.17. The lowest BCUT2D eigenvalue weighted by Gasteiger charge is -2.09. The fourth-order valence-corrected chi connectivity index (χ4v) is 2.09. The second kappa shape index (κ2) is 6.45. The van der Waals surface area contributed by atoms with E-state index >= 15 is 0 Å². The van der Waals surface area contributed by atoms with Crippen LogP contribution in [0.1, 0.15) is 5.56 Å². The number of hydrogen-bond acceptors (Lipinski definition) is 4. The summed E-state index contributed by atoms with van der Waals surface area (Å²) >= 11 is 5.88. The predicted octanol–water partition coefficient (Wildman–Crippen LogP) is 4.93. The standard InChI is InChI=1S/C17H15ClN4/c1-12-2-6-14(7-3-12)21-16-10-17(20-11-19-16)22-15-8-4-13(18)5-9-15/h2-11H,1H3,(H2,19,20,21,22). The fourth-order valence-electron chi connectivity index (χ4n) is 1.96. The van der Waals surface area contributed by atoms with Crippen LogP contribution in [0.25, 0.3) is 0 Å². The van der Waals surface area contributed by atoms with E-state index in [1.165, 1.54) is 11.9 Å². The van der Waals surface area contributed by atoms with E-state index in [1.54, 1.807) is 0 Å². The van der Waals surface area contributed by atoms with Gasteiger partial charge in [-0.25, -0.2) is 9.97 Å². The van der Waals surface area contributed by atoms with Crippen LogP contribution in [0.5, 0.6) is 0 Å². The van der Waals surface area contributed by atoms with Crippen LogP contribution in [0.15, 0.2) is 60.9 Å². The summed E-state index contributed by atoms with van der Waals surface area (Å²) in [5, 5.41) is 7.17. The smallest absolute Gasteiger partial charge is 0.135 e. The monoisotopic (exact) mass is 310 g/mol. The number of anilines is 4. The van der Waals surface area contributed by atoms with E-state index < -0.39 is 0 Å². The highest BCUT2D eigenvalue weighted by Crippen LogP contribution is 2.20.